The first-order valence-corrected chi connectivity index (χ1v) is 12.3. The average molecular weight is 530 g/mol. The highest BCUT2D eigenvalue weighted by Crippen LogP contribution is 2.38. The number of hydrogen-bond donors (Lipinski definition) is 0. The lowest BCUT2D eigenvalue weighted by atomic mass is 10.1. The largest absolute Gasteiger partial charge is 0.493 e. The molecule has 1 heterocycles. The average Bonchev–Trinajstić information content (AvgIpc) is 3.08. The van der Waals surface area contributed by atoms with Crippen molar-refractivity contribution in [3.63, 3.8) is 0 Å². The third-order valence-corrected chi connectivity index (χ3v) is 7.32. The summed E-state index contributed by atoms with van der Waals surface area (Å²) < 4.78 is 11.9. The summed E-state index contributed by atoms with van der Waals surface area (Å²) >= 11 is 19.0. The van der Waals surface area contributed by atoms with Gasteiger partial charge in [0.1, 0.15) is 6.61 Å². The van der Waals surface area contributed by atoms with E-state index >= 15 is 0 Å². The van der Waals surface area contributed by atoms with E-state index in [0.29, 0.717) is 30.8 Å². The van der Waals surface area contributed by atoms with E-state index in [9.17, 15) is 4.79 Å². The molecular formula is C26H21Cl2NO3S2. The molecule has 0 radical (unpaired) electrons. The van der Waals surface area contributed by atoms with Gasteiger partial charge in [-0.25, -0.2) is 0 Å². The highest BCUT2D eigenvalue weighted by molar-refractivity contribution is 8.27. The topological polar surface area (TPSA) is 38.8 Å². The number of hydrogen-bond acceptors (Lipinski definition) is 5. The maximum absolute atomic E-state index is 13.1. The van der Waals surface area contributed by atoms with Gasteiger partial charge in [-0.3, -0.25) is 9.69 Å². The Hall–Kier alpha value is -2.51. The number of carbonyl (C=O) groups excluding carboxylic acids is 1. The number of rotatable bonds is 6. The number of anilines is 1. The lowest BCUT2D eigenvalue weighted by Crippen LogP contribution is -2.27. The van der Waals surface area contributed by atoms with E-state index in [1.807, 2.05) is 56.3 Å². The molecule has 0 saturated carbocycles. The second-order valence-corrected chi connectivity index (χ2v) is 10.2. The number of carbonyl (C=O) groups is 1. The molecule has 0 spiro atoms. The van der Waals surface area contributed by atoms with Crippen molar-refractivity contribution in [1.29, 1.82) is 0 Å². The van der Waals surface area contributed by atoms with E-state index < -0.39 is 0 Å². The lowest BCUT2D eigenvalue weighted by Gasteiger charge is -2.16. The predicted octanol–water partition coefficient (Wildman–Crippen LogP) is 7.60. The summed E-state index contributed by atoms with van der Waals surface area (Å²) in [4.78, 5) is 15.2. The van der Waals surface area contributed by atoms with Gasteiger partial charge in [0, 0.05) is 15.6 Å². The Balaban J connectivity index is 1.54. The molecule has 3 aromatic carbocycles. The summed E-state index contributed by atoms with van der Waals surface area (Å²) in [6.45, 7) is 4.32. The Morgan fingerprint density at radius 2 is 1.79 bits per heavy atom. The summed E-state index contributed by atoms with van der Waals surface area (Å²) in [5.41, 5.74) is 4.66. The number of thioether (sulfide) groups is 1. The van der Waals surface area contributed by atoms with Gasteiger partial charge in [0.05, 0.1) is 17.7 Å². The molecule has 8 heteroatoms. The van der Waals surface area contributed by atoms with Gasteiger partial charge in [-0.05, 0) is 73.0 Å². The van der Waals surface area contributed by atoms with Crippen LogP contribution >= 0.6 is 47.2 Å². The molecule has 1 fully saturated rings. The molecule has 0 aliphatic carbocycles. The number of nitrogens with zero attached hydrogens (tertiary/aromatic N) is 1. The van der Waals surface area contributed by atoms with Crippen molar-refractivity contribution >= 4 is 69.2 Å². The molecule has 0 N–H and O–H groups in total. The molecule has 0 bridgehead atoms. The summed E-state index contributed by atoms with van der Waals surface area (Å²) in [5.74, 6) is 0.965. The quantitative estimate of drug-likeness (QED) is 0.242. The number of ether oxygens (including phenoxy) is 2. The molecule has 1 saturated heterocycles. The first-order valence-electron chi connectivity index (χ1n) is 10.4. The fourth-order valence-corrected chi connectivity index (χ4v) is 5.16. The first kappa shape index (κ1) is 24.6. The molecule has 4 nitrogen and oxygen atoms in total. The minimum Gasteiger partial charge on any atom is -0.493 e. The molecule has 4 rings (SSSR count). The molecule has 3 aromatic rings. The van der Waals surface area contributed by atoms with Crippen LogP contribution in [-0.2, 0) is 11.4 Å². The van der Waals surface area contributed by atoms with Crippen molar-refractivity contribution in [2.45, 2.75) is 20.5 Å². The van der Waals surface area contributed by atoms with Crippen molar-refractivity contribution in [3.8, 4) is 11.5 Å². The van der Waals surface area contributed by atoms with Crippen LogP contribution in [0.15, 0.2) is 59.5 Å². The van der Waals surface area contributed by atoms with E-state index in [-0.39, 0.29) is 12.5 Å². The zero-order valence-electron chi connectivity index (χ0n) is 18.7. The van der Waals surface area contributed by atoms with Gasteiger partial charge < -0.3 is 9.47 Å². The monoisotopic (exact) mass is 529 g/mol. The van der Waals surface area contributed by atoms with Gasteiger partial charge in [-0.2, -0.15) is 0 Å². The maximum atomic E-state index is 13.1. The fourth-order valence-electron chi connectivity index (χ4n) is 3.39. The van der Waals surface area contributed by atoms with E-state index in [1.54, 1.807) is 30.2 Å². The Morgan fingerprint density at radius 1 is 1.00 bits per heavy atom. The van der Waals surface area contributed by atoms with Gasteiger partial charge in [-0.15, -0.1) is 0 Å². The third-order valence-electron chi connectivity index (χ3n) is 5.43. The zero-order chi connectivity index (χ0) is 24.4. The van der Waals surface area contributed by atoms with E-state index in [2.05, 4.69) is 0 Å². The summed E-state index contributed by atoms with van der Waals surface area (Å²) in [6, 6.07) is 16.6. The summed E-state index contributed by atoms with van der Waals surface area (Å²) in [7, 11) is 1.57. The van der Waals surface area contributed by atoms with Gasteiger partial charge in [0.2, 0.25) is 0 Å². The Morgan fingerprint density at radius 3 is 2.50 bits per heavy atom. The molecule has 1 aliphatic rings. The Labute approximate surface area is 218 Å². The van der Waals surface area contributed by atoms with Crippen molar-refractivity contribution in [3.05, 3.63) is 91.8 Å². The molecule has 0 aromatic heterocycles. The number of aryl methyl sites for hydroxylation is 2. The van der Waals surface area contributed by atoms with E-state index in [1.165, 1.54) is 11.8 Å². The first-order chi connectivity index (χ1) is 16.3. The van der Waals surface area contributed by atoms with Crippen LogP contribution in [0.4, 0.5) is 5.69 Å². The normalized spacial score (nSPS) is 14.7. The van der Waals surface area contributed by atoms with Gasteiger partial charge in [0.25, 0.3) is 5.91 Å². The SMILES string of the molecule is COc1cc(/C=C2/SC(=S)N(c3ccc(C)c(C)c3)C2=O)ccc1OCc1ccc(Cl)cc1Cl. The van der Waals surface area contributed by atoms with Crippen LogP contribution in [0, 0.1) is 13.8 Å². The highest BCUT2D eigenvalue weighted by atomic mass is 35.5. The number of methoxy groups -OCH3 is 1. The molecule has 34 heavy (non-hydrogen) atoms. The van der Waals surface area contributed by atoms with Gasteiger partial charge in [0.15, 0.2) is 15.8 Å². The summed E-state index contributed by atoms with van der Waals surface area (Å²) in [6.07, 6.45) is 1.81. The molecule has 1 aliphatic heterocycles. The fraction of sp³-hybridized carbons (Fsp3) is 0.154. The predicted molar refractivity (Wildman–Crippen MR) is 145 cm³/mol. The van der Waals surface area contributed by atoms with Crippen molar-refractivity contribution < 1.29 is 14.3 Å². The third kappa shape index (κ3) is 5.26. The van der Waals surface area contributed by atoms with E-state index in [4.69, 9.17) is 44.9 Å². The van der Waals surface area contributed by atoms with Crippen LogP contribution in [-0.4, -0.2) is 17.3 Å². The van der Waals surface area contributed by atoms with Crippen molar-refractivity contribution in [2.24, 2.45) is 0 Å². The smallest absolute Gasteiger partial charge is 0.270 e. The van der Waals surface area contributed by atoms with E-state index in [0.717, 1.165) is 27.9 Å². The zero-order valence-corrected chi connectivity index (χ0v) is 21.9. The molecule has 174 valence electrons. The highest BCUT2D eigenvalue weighted by Gasteiger charge is 2.33. The summed E-state index contributed by atoms with van der Waals surface area (Å²) in [5, 5.41) is 1.10. The molecular weight excluding hydrogens is 509 g/mol. The lowest BCUT2D eigenvalue weighted by molar-refractivity contribution is -0.113. The van der Waals surface area contributed by atoms with Crippen LogP contribution in [0.3, 0.4) is 0 Å². The number of thiocarbonyl (C=S) groups is 1. The number of amides is 1. The minimum absolute atomic E-state index is 0.144. The standard InChI is InChI=1S/C26H21Cl2NO3S2/c1-15-4-8-20(10-16(15)2)29-25(30)24(34-26(29)33)12-17-5-9-22(23(11-17)31-3)32-14-18-6-7-19(27)13-21(18)28/h4-13H,14H2,1-3H3/b24-12+. The molecule has 0 atom stereocenters. The molecule has 1 amide bonds. The van der Waals surface area contributed by atoms with Crippen LogP contribution in [0.5, 0.6) is 11.5 Å². The van der Waals surface area contributed by atoms with Crippen LogP contribution in [0.25, 0.3) is 6.08 Å². The second-order valence-electron chi connectivity index (χ2n) is 7.72. The number of benzene rings is 3. The van der Waals surface area contributed by atoms with Gasteiger partial charge in [-0.1, -0.05) is 65.4 Å². The van der Waals surface area contributed by atoms with Crippen LogP contribution in [0.2, 0.25) is 10.0 Å². The van der Waals surface area contributed by atoms with Crippen LogP contribution in [0.1, 0.15) is 22.3 Å². The van der Waals surface area contributed by atoms with Crippen molar-refractivity contribution in [1.82, 2.24) is 0 Å². The minimum atomic E-state index is -0.144. The Bertz CT molecular complexity index is 1320. The maximum Gasteiger partial charge on any atom is 0.270 e. The van der Waals surface area contributed by atoms with Gasteiger partial charge >= 0.3 is 0 Å². The van der Waals surface area contributed by atoms with Crippen LogP contribution < -0.4 is 14.4 Å². The Kier molecular flexibility index (Phi) is 7.53. The van der Waals surface area contributed by atoms with Crippen molar-refractivity contribution in [2.75, 3.05) is 12.0 Å². The second kappa shape index (κ2) is 10.4. The molecule has 0 unspecified atom stereocenters. The number of halogens is 2.